The zero-order valence-electron chi connectivity index (χ0n) is 23.4. The summed E-state index contributed by atoms with van der Waals surface area (Å²) < 4.78 is 17.5. The van der Waals surface area contributed by atoms with Crippen LogP contribution in [0.3, 0.4) is 0 Å². The lowest BCUT2D eigenvalue weighted by molar-refractivity contribution is -0.727. The second-order valence-corrected chi connectivity index (χ2v) is 9.29. The van der Waals surface area contributed by atoms with Gasteiger partial charge in [0, 0.05) is 29.9 Å². The molecule has 10 nitrogen and oxygen atoms in total. The number of methoxy groups -OCH3 is 1. The molecular weight excluding hydrogens is 536 g/mol. The first-order chi connectivity index (χ1) is 20.4. The van der Waals surface area contributed by atoms with Crippen molar-refractivity contribution in [2.24, 2.45) is 4.99 Å². The normalized spacial score (nSPS) is 11.0. The van der Waals surface area contributed by atoms with E-state index in [1.807, 2.05) is 72.8 Å². The number of ether oxygens (including phenoxy) is 3. The van der Waals surface area contributed by atoms with Crippen molar-refractivity contribution in [2.75, 3.05) is 26.0 Å². The molecule has 0 aliphatic carbocycles. The van der Waals surface area contributed by atoms with Gasteiger partial charge in [0.05, 0.1) is 19.7 Å². The van der Waals surface area contributed by atoms with Crippen LogP contribution in [-0.4, -0.2) is 43.7 Å². The van der Waals surface area contributed by atoms with E-state index in [1.54, 1.807) is 35.2 Å². The lowest BCUT2D eigenvalue weighted by atomic mass is 10.0. The quantitative estimate of drug-likeness (QED) is 0.127. The average molecular weight is 569 g/mol. The number of aliphatic imine (C=N–C) groups is 1. The van der Waals surface area contributed by atoms with Crippen LogP contribution < -0.4 is 19.7 Å². The number of amidine groups is 1. The molecule has 1 aromatic heterocycles. The third-order valence-corrected chi connectivity index (χ3v) is 6.14. The zero-order valence-corrected chi connectivity index (χ0v) is 23.4. The molecule has 1 N–H and O–H groups in total. The number of amides is 1. The predicted molar refractivity (Wildman–Crippen MR) is 155 cm³/mol. The van der Waals surface area contributed by atoms with Gasteiger partial charge in [-0.15, -0.1) is 0 Å². The van der Waals surface area contributed by atoms with Crippen molar-refractivity contribution in [1.29, 1.82) is 0 Å². The molecular formula is C32H32N4O6. The van der Waals surface area contributed by atoms with Gasteiger partial charge < -0.3 is 29.5 Å². The number of carbonyl (C=O) groups is 2. The van der Waals surface area contributed by atoms with Gasteiger partial charge in [-0.3, -0.25) is 9.79 Å². The van der Waals surface area contributed by atoms with Crippen molar-refractivity contribution in [3.05, 3.63) is 115 Å². The highest BCUT2D eigenvalue weighted by Crippen LogP contribution is 2.30. The third-order valence-electron chi connectivity index (χ3n) is 6.14. The molecule has 0 fully saturated rings. The number of benzene rings is 3. The summed E-state index contributed by atoms with van der Waals surface area (Å²) in [5.74, 6) is 0.251. The molecule has 0 saturated carbocycles. The van der Waals surface area contributed by atoms with Crippen LogP contribution in [0.1, 0.15) is 11.1 Å². The first-order valence-electron chi connectivity index (χ1n) is 13.2. The van der Waals surface area contributed by atoms with Crippen LogP contribution in [0.4, 0.5) is 10.5 Å². The molecule has 1 heterocycles. The molecule has 0 bridgehead atoms. The van der Waals surface area contributed by atoms with Crippen LogP contribution in [0.25, 0.3) is 11.1 Å². The SMILES string of the molecule is COC(=O)CN(C)C(=O)OC[n+]1cccc(CN=C([O-])Nc2ccc(COc3ccccc3-c3ccccc3)cc2)c1. The Balaban J connectivity index is 1.26. The van der Waals surface area contributed by atoms with Crippen LogP contribution in [0.15, 0.2) is 108 Å². The number of pyridine rings is 1. The number of carbonyl (C=O) groups excluding carboxylic acids is 2. The van der Waals surface area contributed by atoms with Gasteiger partial charge in [-0.25, -0.2) is 4.79 Å². The Kier molecular flexibility index (Phi) is 10.5. The maximum Gasteiger partial charge on any atom is 0.414 e. The summed E-state index contributed by atoms with van der Waals surface area (Å²) in [5.41, 5.74) is 4.43. The van der Waals surface area contributed by atoms with E-state index in [0.717, 1.165) is 32.9 Å². The Bertz CT molecular complexity index is 1510. The van der Waals surface area contributed by atoms with Crippen molar-refractivity contribution in [3.8, 4) is 16.9 Å². The molecule has 216 valence electrons. The summed E-state index contributed by atoms with van der Waals surface area (Å²) in [4.78, 5) is 28.5. The van der Waals surface area contributed by atoms with E-state index >= 15 is 0 Å². The van der Waals surface area contributed by atoms with Gasteiger partial charge in [-0.05, 0) is 35.4 Å². The van der Waals surface area contributed by atoms with Crippen LogP contribution in [-0.2, 0) is 34.2 Å². The Morgan fingerprint density at radius 3 is 2.43 bits per heavy atom. The highest BCUT2D eigenvalue weighted by Gasteiger charge is 2.16. The Labute approximate surface area is 244 Å². The van der Waals surface area contributed by atoms with Gasteiger partial charge in [-0.2, -0.15) is 4.57 Å². The number of nitrogens with zero attached hydrogens (tertiary/aromatic N) is 3. The second kappa shape index (κ2) is 14.8. The Morgan fingerprint density at radius 1 is 0.929 bits per heavy atom. The molecule has 0 spiro atoms. The van der Waals surface area contributed by atoms with Gasteiger partial charge in [0.25, 0.3) is 6.73 Å². The second-order valence-electron chi connectivity index (χ2n) is 9.29. The predicted octanol–water partition coefficient (Wildman–Crippen LogP) is 3.75. The fourth-order valence-corrected chi connectivity index (χ4v) is 3.93. The molecule has 4 rings (SSSR count). The molecule has 0 aliphatic rings. The van der Waals surface area contributed by atoms with Crippen molar-refractivity contribution in [2.45, 2.75) is 19.9 Å². The largest absolute Gasteiger partial charge is 0.846 e. The molecule has 10 heteroatoms. The van der Waals surface area contributed by atoms with E-state index in [-0.39, 0.29) is 19.8 Å². The van der Waals surface area contributed by atoms with E-state index < -0.39 is 18.1 Å². The number of nitrogens with one attached hydrogen (secondary N) is 1. The van der Waals surface area contributed by atoms with Gasteiger partial charge in [-0.1, -0.05) is 60.7 Å². The fourth-order valence-electron chi connectivity index (χ4n) is 3.93. The number of para-hydroxylation sites is 1. The van der Waals surface area contributed by atoms with E-state index in [0.29, 0.717) is 12.3 Å². The smallest absolute Gasteiger partial charge is 0.414 e. The highest BCUT2D eigenvalue weighted by molar-refractivity contribution is 5.85. The van der Waals surface area contributed by atoms with E-state index in [4.69, 9.17) is 9.47 Å². The fraction of sp³-hybridized carbons (Fsp3) is 0.188. The molecule has 42 heavy (non-hydrogen) atoms. The minimum absolute atomic E-state index is 0.0711. The standard InChI is InChI=1S/C32H32N4O6/c1-35(21-30(37)40-2)32(39)42-23-36-18-8-9-25(20-36)19-33-31(38)34-27-16-14-24(15-17-27)22-41-29-13-7-6-12-28(29)26-10-4-3-5-11-26/h3-18,20H,19,21-23H2,1-2H3,(H-,33,34,38). The molecule has 1 amide bonds. The monoisotopic (exact) mass is 568 g/mol. The number of hydrogen-bond donors (Lipinski definition) is 1. The summed E-state index contributed by atoms with van der Waals surface area (Å²) in [6.45, 7) is 0.231. The molecule has 0 atom stereocenters. The lowest BCUT2D eigenvalue weighted by Gasteiger charge is -2.15. The van der Waals surface area contributed by atoms with Crippen molar-refractivity contribution < 1.29 is 33.5 Å². The van der Waals surface area contributed by atoms with Crippen LogP contribution in [0.5, 0.6) is 5.75 Å². The van der Waals surface area contributed by atoms with Crippen LogP contribution in [0, 0.1) is 0 Å². The Morgan fingerprint density at radius 2 is 1.67 bits per heavy atom. The number of rotatable bonds is 11. The van der Waals surface area contributed by atoms with Crippen LogP contribution in [0.2, 0.25) is 0 Å². The number of esters is 1. The van der Waals surface area contributed by atoms with Crippen molar-refractivity contribution in [1.82, 2.24) is 4.90 Å². The highest BCUT2D eigenvalue weighted by atomic mass is 16.6. The molecule has 4 aromatic rings. The maximum atomic E-state index is 12.4. The van der Waals surface area contributed by atoms with Gasteiger partial charge >= 0.3 is 12.1 Å². The topological polar surface area (TPSA) is 116 Å². The number of anilines is 1. The van der Waals surface area contributed by atoms with Crippen molar-refractivity contribution >= 4 is 23.8 Å². The first kappa shape index (κ1) is 29.6. The molecule has 0 aliphatic heterocycles. The van der Waals surface area contributed by atoms with E-state index in [1.165, 1.54) is 14.2 Å². The van der Waals surface area contributed by atoms with Crippen LogP contribution >= 0.6 is 0 Å². The minimum atomic E-state index is -0.669. The zero-order chi connectivity index (χ0) is 29.7. The van der Waals surface area contributed by atoms with Gasteiger partial charge in [0.1, 0.15) is 18.9 Å². The summed E-state index contributed by atoms with van der Waals surface area (Å²) in [5, 5.41) is 15.2. The van der Waals surface area contributed by atoms with E-state index in [9.17, 15) is 14.7 Å². The lowest BCUT2D eigenvalue weighted by Crippen LogP contribution is -2.40. The number of aromatic nitrogens is 1. The summed E-state index contributed by atoms with van der Waals surface area (Å²) in [6, 6.07) is 28.5. The summed E-state index contributed by atoms with van der Waals surface area (Å²) in [7, 11) is 2.68. The average Bonchev–Trinajstić information content (AvgIpc) is 3.03. The van der Waals surface area contributed by atoms with Gasteiger partial charge in [0.2, 0.25) is 0 Å². The maximum absolute atomic E-state index is 12.4. The summed E-state index contributed by atoms with van der Waals surface area (Å²) in [6.07, 6.45) is 2.76. The number of likely N-dealkylation sites (N-methyl/N-ethyl adjacent to an activating group) is 1. The Hall–Kier alpha value is -5.38. The minimum Gasteiger partial charge on any atom is -0.846 e. The molecule has 0 saturated heterocycles. The third kappa shape index (κ3) is 8.82. The first-order valence-corrected chi connectivity index (χ1v) is 13.2. The van der Waals surface area contributed by atoms with Crippen molar-refractivity contribution in [3.63, 3.8) is 0 Å². The molecule has 3 aromatic carbocycles. The molecule has 0 radical (unpaired) electrons. The van der Waals surface area contributed by atoms with E-state index in [2.05, 4.69) is 15.0 Å². The summed E-state index contributed by atoms with van der Waals surface area (Å²) >= 11 is 0. The molecule has 0 unspecified atom stereocenters. The number of hydrogen-bond acceptors (Lipinski definition) is 7. The van der Waals surface area contributed by atoms with Gasteiger partial charge in [0.15, 0.2) is 12.4 Å².